The molecule has 0 saturated heterocycles. The number of aromatic nitrogens is 1. The van der Waals surface area contributed by atoms with Gasteiger partial charge in [0.1, 0.15) is 12.1 Å². The summed E-state index contributed by atoms with van der Waals surface area (Å²) in [6.07, 6.45) is 0.0995. The summed E-state index contributed by atoms with van der Waals surface area (Å²) in [5, 5.41) is 9.58. The van der Waals surface area contributed by atoms with Crippen molar-refractivity contribution in [2.45, 2.75) is 6.61 Å². The number of carbonyl (C=O) groups is 1. The first kappa shape index (κ1) is 13.5. The second kappa shape index (κ2) is 5.46. The molecule has 1 aromatic heterocycles. The number of halogens is 1. The summed E-state index contributed by atoms with van der Waals surface area (Å²) in [4.78, 5) is 15.0. The molecular formula is C15H10ClNO4. The maximum Gasteiger partial charge on any atom is 0.394 e. The van der Waals surface area contributed by atoms with Crippen LogP contribution in [-0.2, 0) is 6.61 Å². The van der Waals surface area contributed by atoms with Crippen molar-refractivity contribution in [3.05, 3.63) is 58.6 Å². The van der Waals surface area contributed by atoms with Gasteiger partial charge in [0.2, 0.25) is 0 Å². The van der Waals surface area contributed by atoms with Crippen molar-refractivity contribution in [1.82, 2.24) is 4.98 Å². The molecule has 0 aliphatic carbocycles. The van der Waals surface area contributed by atoms with Crippen LogP contribution in [0.3, 0.4) is 0 Å². The molecule has 5 nitrogen and oxygen atoms in total. The van der Waals surface area contributed by atoms with Crippen molar-refractivity contribution in [1.29, 1.82) is 0 Å². The van der Waals surface area contributed by atoms with Gasteiger partial charge in [0.25, 0.3) is 0 Å². The highest BCUT2D eigenvalue weighted by molar-refractivity contribution is 6.30. The van der Waals surface area contributed by atoms with Crippen molar-refractivity contribution in [3.63, 3.8) is 0 Å². The summed E-state index contributed by atoms with van der Waals surface area (Å²) >= 11 is 5.80. The smallest absolute Gasteiger partial charge is 0.394 e. The van der Waals surface area contributed by atoms with Crippen molar-refractivity contribution >= 4 is 28.7 Å². The molecule has 0 spiro atoms. The van der Waals surface area contributed by atoms with Crippen LogP contribution in [0.15, 0.2) is 46.9 Å². The van der Waals surface area contributed by atoms with E-state index >= 15 is 0 Å². The summed E-state index contributed by atoms with van der Waals surface area (Å²) in [7, 11) is 0. The lowest BCUT2D eigenvalue weighted by atomic mass is 10.2. The van der Waals surface area contributed by atoms with E-state index in [1.54, 1.807) is 18.2 Å². The molecular weight excluding hydrogens is 294 g/mol. The molecule has 6 heteroatoms. The topological polar surface area (TPSA) is 72.6 Å². The Hall–Kier alpha value is -2.53. The Kier molecular flexibility index (Phi) is 3.50. The number of fused-ring (bicyclic) bond motifs is 1. The molecule has 1 N–H and O–H groups in total. The first-order valence-electron chi connectivity index (χ1n) is 6.13. The van der Waals surface area contributed by atoms with E-state index < -0.39 is 5.97 Å². The molecule has 0 aliphatic rings. The fraction of sp³-hybridized carbons (Fsp3) is 0.0667. The molecule has 0 unspecified atom stereocenters. The summed E-state index contributed by atoms with van der Waals surface area (Å²) in [6, 6.07) is 11.7. The van der Waals surface area contributed by atoms with Crippen molar-refractivity contribution < 1.29 is 19.1 Å². The lowest BCUT2D eigenvalue weighted by Gasteiger charge is -2.01. The third-order valence-corrected chi connectivity index (χ3v) is 3.14. The van der Waals surface area contributed by atoms with Gasteiger partial charge in [-0.2, -0.15) is 4.98 Å². The van der Waals surface area contributed by atoms with Crippen LogP contribution in [0.2, 0.25) is 5.02 Å². The van der Waals surface area contributed by atoms with E-state index in [2.05, 4.69) is 4.98 Å². The van der Waals surface area contributed by atoms with Gasteiger partial charge in [-0.15, -0.1) is 0 Å². The van der Waals surface area contributed by atoms with Crippen LogP contribution < -0.4 is 4.74 Å². The number of carboxylic acids is 1. The van der Waals surface area contributed by atoms with E-state index in [9.17, 15) is 4.79 Å². The van der Waals surface area contributed by atoms with Gasteiger partial charge in [0.15, 0.2) is 5.58 Å². The molecule has 0 atom stereocenters. The number of rotatable bonds is 4. The highest BCUT2D eigenvalue weighted by Crippen LogP contribution is 2.22. The van der Waals surface area contributed by atoms with Crippen molar-refractivity contribution in [2.75, 3.05) is 0 Å². The summed E-state index contributed by atoms with van der Waals surface area (Å²) in [6.45, 7) is 0.287. The second-order valence-corrected chi connectivity index (χ2v) is 4.82. The third-order valence-electron chi connectivity index (χ3n) is 2.89. The van der Waals surface area contributed by atoms with Crippen LogP contribution >= 0.6 is 11.6 Å². The molecule has 3 rings (SSSR count). The number of carboxylic acid groups (broad SMARTS) is 1. The number of hydrogen-bond acceptors (Lipinski definition) is 4. The fourth-order valence-corrected chi connectivity index (χ4v) is 1.95. The van der Waals surface area contributed by atoms with Gasteiger partial charge < -0.3 is 14.3 Å². The SMILES string of the molecule is O=C(O)c1ccc2nc(OCc3ccc(Cl)cc3)oc2c1. The number of oxazole rings is 1. The summed E-state index contributed by atoms with van der Waals surface area (Å²) in [5.74, 6) is -1.02. The fourth-order valence-electron chi connectivity index (χ4n) is 1.82. The Morgan fingerprint density at radius 1 is 1.24 bits per heavy atom. The Morgan fingerprint density at radius 2 is 2.00 bits per heavy atom. The first-order valence-corrected chi connectivity index (χ1v) is 6.51. The molecule has 0 radical (unpaired) electrons. The standard InChI is InChI=1S/C15H10ClNO4/c16-11-4-1-9(2-5-11)8-20-15-17-12-6-3-10(14(18)19)7-13(12)21-15/h1-7H,8H2,(H,18,19). The zero-order valence-electron chi connectivity index (χ0n) is 10.7. The maximum absolute atomic E-state index is 10.9. The van der Waals surface area contributed by atoms with Crippen LogP contribution in [0, 0.1) is 0 Å². The van der Waals surface area contributed by atoms with Gasteiger partial charge in [0.05, 0.1) is 5.56 Å². The average Bonchev–Trinajstić information content (AvgIpc) is 2.88. The summed E-state index contributed by atoms with van der Waals surface area (Å²) in [5.41, 5.74) is 1.99. The second-order valence-electron chi connectivity index (χ2n) is 4.38. The van der Waals surface area contributed by atoms with Crippen LogP contribution in [0.25, 0.3) is 11.1 Å². The Labute approximate surface area is 124 Å². The minimum Gasteiger partial charge on any atom is -0.478 e. The van der Waals surface area contributed by atoms with E-state index in [0.29, 0.717) is 16.1 Å². The maximum atomic E-state index is 10.9. The molecule has 21 heavy (non-hydrogen) atoms. The van der Waals surface area contributed by atoms with E-state index in [1.807, 2.05) is 12.1 Å². The van der Waals surface area contributed by atoms with Gasteiger partial charge in [0, 0.05) is 5.02 Å². The lowest BCUT2D eigenvalue weighted by molar-refractivity contribution is 0.0697. The predicted molar refractivity (Wildman–Crippen MR) is 76.8 cm³/mol. The summed E-state index contributed by atoms with van der Waals surface area (Å²) < 4.78 is 10.8. The Bertz CT molecular complexity index is 795. The number of aromatic carboxylic acids is 1. The van der Waals surface area contributed by atoms with Gasteiger partial charge in [-0.3, -0.25) is 0 Å². The lowest BCUT2D eigenvalue weighted by Crippen LogP contribution is -1.94. The molecule has 0 bridgehead atoms. The first-order chi connectivity index (χ1) is 10.1. The molecule has 106 valence electrons. The van der Waals surface area contributed by atoms with E-state index in [4.69, 9.17) is 25.9 Å². The molecule has 1 heterocycles. The van der Waals surface area contributed by atoms with Crippen molar-refractivity contribution in [3.8, 4) is 6.08 Å². The molecule has 3 aromatic rings. The van der Waals surface area contributed by atoms with E-state index in [-0.39, 0.29) is 18.2 Å². The third kappa shape index (κ3) is 2.98. The zero-order valence-corrected chi connectivity index (χ0v) is 11.5. The number of nitrogens with zero attached hydrogens (tertiary/aromatic N) is 1. The largest absolute Gasteiger partial charge is 0.478 e. The Balaban J connectivity index is 1.78. The quantitative estimate of drug-likeness (QED) is 0.794. The molecule has 0 saturated carbocycles. The molecule has 2 aromatic carbocycles. The molecule has 0 aliphatic heterocycles. The van der Waals surface area contributed by atoms with Gasteiger partial charge in [-0.1, -0.05) is 23.7 Å². The molecule has 0 fully saturated rings. The van der Waals surface area contributed by atoms with E-state index in [1.165, 1.54) is 12.1 Å². The van der Waals surface area contributed by atoms with E-state index in [0.717, 1.165) is 5.56 Å². The van der Waals surface area contributed by atoms with Gasteiger partial charge >= 0.3 is 12.0 Å². The van der Waals surface area contributed by atoms with Crippen LogP contribution in [-0.4, -0.2) is 16.1 Å². The zero-order chi connectivity index (χ0) is 14.8. The highest BCUT2D eigenvalue weighted by atomic mass is 35.5. The van der Waals surface area contributed by atoms with Gasteiger partial charge in [-0.25, -0.2) is 4.79 Å². The minimum absolute atomic E-state index is 0.0995. The monoisotopic (exact) mass is 303 g/mol. The number of benzene rings is 2. The normalized spacial score (nSPS) is 10.7. The average molecular weight is 304 g/mol. The number of ether oxygens (including phenoxy) is 1. The Morgan fingerprint density at radius 3 is 2.71 bits per heavy atom. The van der Waals surface area contributed by atoms with Crippen LogP contribution in [0.4, 0.5) is 0 Å². The molecule has 0 amide bonds. The predicted octanol–water partition coefficient (Wildman–Crippen LogP) is 3.76. The van der Waals surface area contributed by atoms with Crippen LogP contribution in [0.1, 0.15) is 15.9 Å². The minimum atomic E-state index is -1.02. The highest BCUT2D eigenvalue weighted by Gasteiger charge is 2.10. The van der Waals surface area contributed by atoms with Crippen LogP contribution in [0.5, 0.6) is 6.08 Å². The van der Waals surface area contributed by atoms with Gasteiger partial charge in [-0.05, 0) is 35.9 Å². The van der Waals surface area contributed by atoms with Crippen molar-refractivity contribution in [2.24, 2.45) is 0 Å². The number of hydrogen-bond donors (Lipinski definition) is 1.